The van der Waals surface area contributed by atoms with E-state index in [2.05, 4.69) is 10.3 Å². The third-order valence-electron chi connectivity index (χ3n) is 6.76. The number of aromatic amines is 1. The maximum absolute atomic E-state index is 12.6. The number of aromatic nitrogens is 2. The molecule has 4 aromatic rings. The molecule has 0 radical (unpaired) electrons. The molecule has 1 fully saturated rings. The number of fused-ring (bicyclic) bond motifs is 1. The Morgan fingerprint density at radius 3 is 2.54 bits per heavy atom. The Balaban J connectivity index is 1.43. The zero-order valence-corrected chi connectivity index (χ0v) is 19.6. The second-order valence-electron chi connectivity index (χ2n) is 8.91. The molecule has 1 aliphatic rings. The number of nitrogens with zero attached hydrogens (tertiary/aromatic N) is 1. The summed E-state index contributed by atoms with van der Waals surface area (Å²) < 4.78 is 5.28. The molecule has 2 aromatic carbocycles. The van der Waals surface area contributed by atoms with Crippen LogP contribution in [0.1, 0.15) is 63.6 Å². The van der Waals surface area contributed by atoms with E-state index in [9.17, 15) is 9.59 Å². The van der Waals surface area contributed by atoms with Gasteiger partial charge in [-0.1, -0.05) is 49.2 Å². The Morgan fingerprint density at radius 2 is 1.83 bits per heavy atom. The number of hydrogen-bond donors (Lipinski definition) is 3. The first-order valence-electron chi connectivity index (χ1n) is 11.9. The summed E-state index contributed by atoms with van der Waals surface area (Å²) in [5.41, 5.74) is 10.8. The van der Waals surface area contributed by atoms with Crippen LogP contribution in [0.25, 0.3) is 22.2 Å². The van der Waals surface area contributed by atoms with E-state index in [4.69, 9.17) is 15.5 Å². The zero-order valence-electron chi connectivity index (χ0n) is 19.6. The number of nitrogens with one attached hydrogen (secondary N) is 2. The van der Waals surface area contributed by atoms with Gasteiger partial charge < -0.3 is 20.8 Å². The minimum Gasteiger partial charge on any atom is -0.496 e. The molecule has 2 amide bonds. The summed E-state index contributed by atoms with van der Waals surface area (Å²) in [6, 6.07) is 16.8. The maximum Gasteiger partial charge on any atom is 0.255 e. The van der Waals surface area contributed by atoms with Gasteiger partial charge in [0.2, 0.25) is 0 Å². The van der Waals surface area contributed by atoms with E-state index in [1.165, 1.54) is 12.8 Å². The third-order valence-corrected chi connectivity index (χ3v) is 6.76. The Labute approximate surface area is 203 Å². The molecular weight excluding hydrogens is 440 g/mol. The third kappa shape index (κ3) is 4.37. The van der Waals surface area contributed by atoms with E-state index in [-0.39, 0.29) is 5.91 Å². The van der Waals surface area contributed by atoms with Crippen molar-refractivity contribution in [1.82, 2.24) is 15.3 Å². The van der Waals surface area contributed by atoms with Gasteiger partial charge in [0, 0.05) is 29.6 Å². The van der Waals surface area contributed by atoms with Crippen molar-refractivity contribution in [1.29, 1.82) is 0 Å². The molecular formula is C28H28N4O3. The predicted molar refractivity (Wildman–Crippen MR) is 135 cm³/mol. The molecule has 1 saturated carbocycles. The molecule has 0 aliphatic heterocycles. The van der Waals surface area contributed by atoms with E-state index in [1.54, 1.807) is 25.3 Å². The number of para-hydroxylation sites is 1. The summed E-state index contributed by atoms with van der Waals surface area (Å²) in [6.07, 6.45) is 6.44. The number of nitrogens with two attached hydrogens (primary N) is 1. The smallest absolute Gasteiger partial charge is 0.255 e. The first kappa shape index (κ1) is 22.7. The average molecular weight is 469 g/mol. The number of carbonyl (C=O) groups excluding carboxylic acids is 2. The first-order chi connectivity index (χ1) is 17.1. The van der Waals surface area contributed by atoms with Gasteiger partial charge >= 0.3 is 0 Å². The largest absolute Gasteiger partial charge is 0.496 e. The van der Waals surface area contributed by atoms with Crippen LogP contribution in [0, 0.1) is 0 Å². The Bertz CT molecular complexity index is 1390. The van der Waals surface area contributed by atoms with E-state index < -0.39 is 5.91 Å². The molecule has 1 aliphatic carbocycles. The number of ether oxygens (including phenoxy) is 1. The summed E-state index contributed by atoms with van der Waals surface area (Å²) in [4.78, 5) is 33.3. The molecule has 7 heteroatoms. The summed E-state index contributed by atoms with van der Waals surface area (Å²) in [5, 5.41) is 3.91. The predicted octanol–water partition coefficient (Wildman–Crippen LogP) is 4.93. The quantitative estimate of drug-likeness (QED) is 0.357. The van der Waals surface area contributed by atoms with Crippen molar-refractivity contribution in [3.63, 3.8) is 0 Å². The normalized spacial score (nSPS) is 13.7. The fraction of sp³-hybridized carbons (Fsp3) is 0.250. The fourth-order valence-electron chi connectivity index (χ4n) is 4.99. The van der Waals surface area contributed by atoms with Gasteiger partial charge in [-0.05, 0) is 36.6 Å². The number of methoxy groups -OCH3 is 1. The summed E-state index contributed by atoms with van der Waals surface area (Å²) in [7, 11) is 1.54. The minimum absolute atomic E-state index is 0.206. The second kappa shape index (κ2) is 9.62. The van der Waals surface area contributed by atoms with Crippen LogP contribution in [0.3, 0.4) is 0 Å². The maximum atomic E-state index is 12.6. The Hall–Kier alpha value is -4.13. The standard InChI is InChI=1S/C28H28N4O3/c1-35-22-9-5-4-8-20(22)28(34)31-16-17-10-12-19(13-11-17)25-23(27(29)33)26-21(14-15-30-26)24(32-25)18-6-2-3-7-18/h4-5,8-15,18,30H,2-3,6-7,16H2,1H3,(H2,29,33)(H,31,34). The Kier molecular flexibility index (Phi) is 6.23. The number of rotatable bonds is 7. The van der Waals surface area contributed by atoms with Crippen LogP contribution in [0.2, 0.25) is 0 Å². The monoisotopic (exact) mass is 468 g/mol. The van der Waals surface area contributed by atoms with Crippen molar-refractivity contribution in [3.05, 3.63) is 83.2 Å². The number of carbonyl (C=O) groups is 2. The highest BCUT2D eigenvalue weighted by molar-refractivity contribution is 6.10. The van der Waals surface area contributed by atoms with Gasteiger partial charge in [-0.25, -0.2) is 0 Å². The highest BCUT2D eigenvalue weighted by atomic mass is 16.5. The molecule has 0 saturated heterocycles. The van der Waals surface area contributed by atoms with E-state index >= 15 is 0 Å². The summed E-state index contributed by atoms with van der Waals surface area (Å²) in [6.45, 7) is 0.357. The molecule has 35 heavy (non-hydrogen) atoms. The van der Waals surface area contributed by atoms with Crippen LogP contribution in [0.5, 0.6) is 5.75 Å². The van der Waals surface area contributed by atoms with Crippen molar-refractivity contribution in [2.24, 2.45) is 5.73 Å². The molecule has 2 aromatic heterocycles. The fourth-order valence-corrected chi connectivity index (χ4v) is 4.99. The van der Waals surface area contributed by atoms with Crippen LogP contribution >= 0.6 is 0 Å². The van der Waals surface area contributed by atoms with Crippen LogP contribution in [0.15, 0.2) is 60.8 Å². The number of amides is 2. The van der Waals surface area contributed by atoms with E-state index in [1.807, 2.05) is 42.6 Å². The highest BCUT2D eigenvalue weighted by Gasteiger charge is 2.26. The van der Waals surface area contributed by atoms with Crippen molar-refractivity contribution >= 4 is 22.7 Å². The van der Waals surface area contributed by atoms with Crippen LogP contribution < -0.4 is 15.8 Å². The molecule has 178 valence electrons. The SMILES string of the molecule is COc1ccccc1C(=O)NCc1ccc(-c2nc(C3CCCC3)c3cc[nH]c3c2C(N)=O)cc1. The number of hydrogen-bond acceptors (Lipinski definition) is 4. The lowest BCUT2D eigenvalue weighted by atomic mass is 9.95. The van der Waals surface area contributed by atoms with E-state index in [0.717, 1.165) is 40.6 Å². The van der Waals surface area contributed by atoms with Gasteiger partial charge in [-0.3, -0.25) is 14.6 Å². The first-order valence-corrected chi connectivity index (χ1v) is 11.9. The lowest BCUT2D eigenvalue weighted by Crippen LogP contribution is -2.23. The second-order valence-corrected chi connectivity index (χ2v) is 8.91. The van der Waals surface area contributed by atoms with Gasteiger partial charge in [0.15, 0.2) is 0 Å². The molecule has 4 N–H and O–H groups in total. The van der Waals surface area contributed by atoms with Crippen LogP contribution in [-0.4, -0.2) is 28.9 Å². The Morgan fingerprint density at radius 1 is 1.09 bits per heavy atom. The molecule has 0 atom stereocenters. The lowest BCUT2D eigenvalue weighted by molar-refractivity contribution is 0.0946. The highest BCUT2D eigenvalue weighted by Crippen LogP contribution is 2.39. The van der Waals surface area contributed by atoms with Gasteiger partial charge in [0.05, 0.1) is 35.1 Å². The number of H-pyrrole nitrogens is 1. The summed E-state index contributed by atoms with van der Waals surface area (Å²) >= 11 is 0. The van der Waals surface area contributed by atoms with Crippen molar-refractivity contribution in [3.8, 4) is 17.0 Å². The van der Waals surface area contributed by atoms with Gasteiger partial charge in [-0.15, -0.1) is 0 Å². The number of benzene rings is 2. The lowest BCUT2D eigenvalue weighted by Gasteiger charge is -2.16. The molecule has 5 rings (SSSR count). The van der Waals surface area contributed by atoms with Gasteiger partial charge in [-0.2, -0.15) is 0 Å². The van der Waals surface area contributed by atoms with Crippen molar-refractivity contribution in [2.45, 2.75) is 38.1 Å². The molecule has 0 spiro atoms. The van der Waals surface area contributed by atoms with E-state index in [0.29, 0.717) is 35.0 Å². The number of primary amides is 1. The zero-order chi connectivity index (χ0) is 24.4. The summed E-state index contributed by atoms with van der Waals surface area (Å²) in [5.74, 6) is 0.204. The van der Waals surface area contributed by atoms with Crippen LogP contribution in [0.4, 0.5) is 0 Å². The molecule has 0 bridgehead atoms. The average Bonchev–Trinajstić information content (AvgIpc) is 3.59. The van der Waals surface area contributed by atoms with Crippen LogP contribution in [-0.2, 0) is 6.54 Å². The number of pyridine rings is 1. The van der Waals surface area contributed by atoms with Crippen molar-refractivity contribution < 1.29 is 14.3 Å². The molecule has 0 unspecified atom stereocenters. The minimum atomic E-state index is -0.508. The van der Waals surface area contributed by atoms with Gasteiger partial charge in [0.1, 0.15) is 5.75 Å². The molecule has 7 nitrogen and oxygen atoms in total. The molecule has 2 heterocycles. The van der Waals surface area contributed by atoms with Gasteiger partial charge in [0.25, 0.3) is 11.8 Å². The van der Waals surface area contributed by atoms with Crippen molar-refractivity contribution in [2.75, 3.05) is 7.11 Å². The topological polar surface area (TPSA) is 110 Å².